The number of fused-ring (bicyclic) bond motifs is 3. The number of amides is 1. The topological polar surface area (TPSA) is 96.7 Å². The van der Waals surface area contributed by atoms with E-state index in [1.165, 1.54) is 12.1 Å². The Labute approximate surface area is 173 Å². The van der Waals surface area contributed by atoms with Crippen molar-refractivity contribution < 1.29 is 13.2 Å². The lowest BCUT2D eigenvalue weighted by molar-refractivity contribution is -0.132. The summed E-state index contributed by atoms with van der Waals surface area (Å²) in [4.78, 5) is 18.8. The quantitative estimate of drug-likeness (QED) is 0.663. The van der Waals surface area contributed by atoms with E-state index in [1.54, 1.807) is 23.2 Å². The molecule has 0 saturated carbocycles. The fraction of sp³-hybridized carbons (Fsp3) is 0.316. The molecular weight excluding hydrogens is 414 g/mol. The summed E-state index contributed by atoms with van der Waals surface area (Å²) in [6, 6.07) is 7.93. The highest BCUT2D eigenvalue weighted by atomic mass is 35.5. The number of aromatic nitrogens is 3. The molecule has 0 unspecified atom stereocenters. The molecule has 10 heteroatoms. The molecule has 1 N–H and O–H groups in total. The predicted octanol–water partition coefficient (Wildman–Crippen LogP) is 1.94. The Kier molecular flexibility index (Phi) is 5.28. The SMILES string of the molecule is Cc1cc2ncc3c(n2n1)CCN(C(=O)CCNS(=O)(=O)c1cccc(Cl)c1)C3. The van der Waals surface area contributed by atoms with Crippen molar-refractivity contribution in [3.63, 3.8) is 0 Å². The maximum absolute atomic E-state index is 12.6. The number of rotatable bonds is 5. The van der Waals surface area contributed by atoms with Gasteiger partial charge in [-0.15, -0.1) is 0 Å². The maximum Gasteiger partial charge on any atom is 0.240 e. The molecule has 8 nitrogen and oxygen atoms in total. The first-order valence-corrected chi connectivity index (χ1v) is 11.1. The number of benzene rings is 1. The first kappa shape index (κ1) is 19.8. The predicted molar refractivity (Wildman–Crippen MR) is 108 cm³/mol. The van der Waals surface area contributed by atoms with Crippen LogP contribution in [0.2, 0.25) is 5.02 Å². The monoisotopic (exact) mass is 433 g/mol. The molecule has 0 atom stereocenters. The van der Waals surface area contributed by atoms with Crippen LogP contribution in [0.5, 0.6) is 0 Å². The highest BCUT2D eigenvalue weighted by Crippen LogP contribution is 2.20. The first-order valence-electron chi connectivity index (χ1n) is 9.19. The van der Waals surface area contributed by atoms with Crippen LogP contribution in [0.4, 0.5) is 0 Å². The summed E-state index contributed by atoms with van der Waals surface area (Å²) in [5.74, 6) is -0.110. The summed E-state index contributed by atoms with van der Waals surface area (Å²) in [6.07, 6.45) is 2.54. The van der Waals surface area contributed by atoms with Crippen LogP contribution in [0.25, 0.3) is 5.65 Å². The van der Waals surface area contributed by atoms with Gasteiger partial charge in [0.25, 0.3) is 0 Å². The van der Waals surface area contributed by atoms with E-state index >= 15 is 0 Å². The fourth-order valence-corrected chi connectivity index (χ4v) is 4.77. The number of carbonyl (C=O) groups excluding carboxylic acids is 1. The minimum Gasteiger partial charge on any atom is -0.338 e. The van der Waals surface area contributed by atoms with E-state index in [1.807, 2.05) is 17.5 Å². The van der Waals surface area contributed by atoms with Gasteiger partial charge in [-0.1, -0.05) is 17.7 Å². The molecule has 4 rings (SSSR count). The standard InChI is InChI=1S/C19H20ClN5O3S/c1-13-9-18-21-11-14-12-24(8-6-17(14)25(18)23-13)19(26)5-7-22-29(27,28)16-4-2-3-15(20)10-16/h2-4,9-11,22H,5-8,12H2,1H3. The molecule has 0 spiro atoms. The molecule has 0 radical (unpaired) electrons. The maximum atomic E-state index is 12.6. The van der Waals surface area contributed by atoms with Crippen molar-refractivity contribution in [3.8, 4) is 0 Å². The number of nitrogens with one attached hydrogen (secondary N) is 1. The molecule has 0 fully saturated rings. The van der Waals surface area contributed by atoms with Gasteiger partial charge in [0, 0.05) is 55.3 Å². The van der Waals surface area contributed by atoms with Crippen LogP contribution in [0.15, 0.2) is 41.4 Å². The number of halogens is 1. The molecule has 1 amide bonds. The van der Waals surface area contributed by atoms with Gasteiger partial charge in [0.15, 0.2) is 5.65 Å². The number of carbonyl (C=O) groups is 1. The lowest BCUT2D eigenvalue weighted by Crippen LogP contribution is -2.38. The molecule has 0 saturated heterocycles. The molecule has 3 aromatic rings. The van der Waals surface area contributed by atoms with Crippen LogP contribution in [0.1, 0.15) is 23.4 Å². The van der Waals surface area contributed by atoms with E-state index in [0.29, 0.717) is 24.5 Å². The van der Waals surface area contributed by atoms with E-state index in [9.17, 15) is 13.2 Å². The van der Waals surface area contributed by atoms with Gasteiger partial charge in [-0.25, -0.2) is 22.6 Å². The van der Waals surface area contributed by atoms with Crippen molar-refractivity contribution in [1.82, 2.24) is 24.2 Å². The van der Waals surface area contributed by atoms with Gasteiger partial charge in [0.05, 0.1) is 16.3 Å². The lowest BCUT2D eigenvalue weighted by atomic mass is 10.1. The van der Waals surface area contributed by atoms with Gasteiger partial charge in [0.1, 0.15) is 0 Å². The molecule has 1 aliphatic heterocycles. The van der Waals surface area contributed by atoms with Gasteiger partial charge >= 0.3 is 0 Å². The van der Waals surface area contributed by atoms with E-state index in [-0.39, 0.29) is 23.8 Å². The van der Waals surface area contributed by atoms with Crippen molar-refractivity contribution in [2.45, 2.75) is 31.2 Å². The third-order valence-electron chi connectivity index (χ3n) is 4.86. The second kappa shape index (κ2) is 7.74. The number of hydrogen-bond donors (Lipinski definition) is 1. The van der Waals surface area contributed by atoms with Gasteiger partial charge in [-0.3, -0.25) is 4.79 Å². The zero-order valence-corrected chi connectivity index (χ0v) is 17.4. The Morgan fingerprint density at radius 3 is 2.93 bits per heavy atom. The van der Waals surface area contributed by atoms with Gasteiger partial charge in [-0.2, -0.15) is 5.10 Å². The second-order valence-corrected chi connectivity index (χ2v) is 9.16. The summed E-state index contributed by atoms with van der Waals surface area (Å²) < 4.78 is 28.9. The Bertz CT molecular complexity index is 1190. The molecule has 1 aliphatic rings. The van der Waals surface area contributed by atoms with E-state index in [0.717, 1.165) is 22.6 Å². The zero-order valence-electron chi connectivity index (χ0n) is 15.8. The summed E-state index contributed by atoms with van der Waals surface area (Å²) in [7, 11) is -3.71. The van der Waals surface area contributed by atoms with E-state index in [2.05, 4.69) is 14.8 Å². The molecule has 0 bridgehead atoms. The van der Waals surface area contributed by atoms with Gasteiger partial charge in [0.2, 0.25) is 15.9 Å². The van der Waals surface area contributed by atoms with Crippen LogP contribution < -0.4 is 4.72 Å². The molecule has 2 aromatic heterocycles. The molecule has 29 heavy (non-hydrogen) atoms. The Morgan fingerprint density at radius 2 is 2.14 bits per heavy atom. The van der Waals surface area contributed by atoms with Crippen molar-refractivity contribution in [2.75, 3.05) is 13.1 Å². The van der Waals surface area contributed by atoms with Crippen LogP contribution in [-0.4, -0.2) is 46.9 Å². The van der Waals surface area contributed by atoms with E-state index < -0.39 is 10.0 Å². The Balaban J connectivity index is 1.38. The van der Waals surface area contributed by atoms with Crippen molar-refractivity contribution in [2.24, 2.45) is 0 Å². The van der Waals surface area contributed by atoms with Crippen LogP contribution in [0.3, 0.4) is 0 Å². The molecular formula is C19H20ClN5O3S. The lowest BCUT2D eigenvalue weighted by Gasteiger charge is -2.28. The highest BCUT2D eigenvalue weighted by Gasteiger charge is 2.24. The zero-order chi connectivity index (χ0) is 20.6. The summed E-state index contributed by atoms with van der Waals surface area (Å²) in [5.41, 5.74) is 3.72. The van der Waals surface area contributed by atoms with Gasteiger partial charge in [-0.05, 0) is 25.1 Å². The molecule has 1 aromatic carbocycles. The summed E-state index contributed by atoms with van der Waals surface area (Å²) in [6.45, 7) is 2.94. The normalized spacial score (nSPS) is 14.2. The van der Waals surface area contributed by atoms with Crippen molar-refractivity contribution in [3.05, 3.63) is 58.5 Å². The first-order chi connectivity index (χ1) is 13.8. The number of hydrogen-bond acceptors (Lipinski definition) is 5. The minimum atomic E-state index is -3.71. The molecule has 0 aliphatic carbocycles. The summed E-state index contributed by atoms with van der Waals surface area (Å²) in [5, 5.41) is 4.81. The van der Waals surface area contributed by atoms with E-state index in [4.69, 9.17) is 11.6 Å². The number of nitrogens with zero attached hydrogens (tertiary/aromatic N) is 4. The van der Waals surface area contributed by atoms with Crippen LogP contribution >= 0.6 is 11.6 Å². The minimum absolute atomic E-state index is 0.0205. The van der Waals surface area contributed by atoms with Crippen LogP contribution in [0, 0.1) is 6.92 Å². The largest absolute Gasteiger partial charge is 0.338 e. The molecule has 3 heterocycles. The average Bonchev–Trinajstić information content (AvgIpc) is 3.08. The third-order valence-corrected chi connectivity index (χ3v) is 6.56. The third kappa shape index (κ3) is 4.12. The smallest absolute Gasteiger partial charge is 0.240 e. The Morgan fingerprint density at radius 1 is 1.31 bits per heavy atom. The van der Waals surface area contributed by atoms with Crippen LogP contribution in [-0.2, 0) is 27.8 Å². The number of aryl methyl sites for hydroxylation is 1. The van der Waals surface area contributed by atoms with Crippen molar-refractivity contribution >= 4 is 33.2 Å². The van der Waals surface area contributed by atoms with Crippen molar-refractivity contribution in [1.29, 1.82) is 0 Å². The summed E-state index contributed by atoms with van der Waals surface area (Å²) >= 11 is 5.85. The average molecular weight is 434 g/mol. The Hall–Kier alpha value is -2.49. The second-order valence-electron chi connectivity index (χ2n) is 6.96. The van der Waals surface area contributed by atoms with Gasteiger partial charge < -0.3 is 4.90 Å². The highest BCUT2D eigenvalue weighted by molar-refractivity contribution is 7.89. The number of sulfonamides is 1. The fourth-order valence-electron chi connectivity index (χ4n) is 3.44. The molecule has 152 valence electrons.